The van der Waals surface area contributed by atoms with Crippen molar-refractivity contribution in [2.24, 2.45) is 0 Å². The van der Waals surface area contributed by atoms with Crippen LogP contribution in [0.4, 0.5) is 11.4 Å². The molecule has 0 aliphatic heterocycles. The van der Waals surface area contributed by atoms with Crippen LogP contribution < -0.4 is 19.7 Å². The molecular weight excluding hydrogens is 442 g/mol. The number of amides is 2. The van der Waals surface area contributed by atoms with E-state index in [0.29, 0.717) is 22.7 Å². The molecule has 1 atom stereocenters. The summed E-state index contributed by atoms with van der Waals surface area (Å²) in [6.07, 6.45) is 6.31. The number of methoxy groups -OCH3 is 1. The minimum atomic E-state index is -3.77. The summed E-state index contributed by atoms with van der Waals surface area (Å²) in [6, 6.07) is 12.2. The van der Waals surface area contributed by atoms with Crippen LogP contribution in [0.3, 0.4) is 0 Å². The third kappa shape index (κ3) is 6.25. The Morgan fingerprint density at radius 3 is 2.27 bits per heavy atom. The molecular formula is C24H31N3O5S. The van der Waals surface area contributed by atoms with Crippen LogP contribution in [-0.2, 0) is 14.8 Å². The third-order valence-corrected chi connectivity index (χ3v) is 7.03. The lowest BCUT2D eigenvalue weighted by molar-refractivity contribution is -0.116. The Balaban J connectivity index is 1.79. The minimum absolute atomic E-state index is 0.129. The van der Waals surface area contributed by atoms with Crippen LogP contribution in [0.25, 0.3) is 0 Å². The molecule has 178 valence electrons. The van der Waals surface area contributed by atoms with Crippen LogP contribution in [0.15, 0.2) is 48.5 Å². The zero-order chi connectivity index (χ0) is 24.0. The molecule has 0 spiro atoms. The van der Waals surface area contributed by atoms with Gasteiger partial charge in [0.15, 0.2) is 0 Å². The molecule has 2 amide bonds. The average molecular weight is 474 g/mol. The van der Waals surface area contributed by atoms with Crippen LogP contribution in [0, 0.1) is 0 Å². The van der Waals surface area contributed by atoms with Crippen LogP contribution >= 0.6 is 0 Å². The molecule has 0 bridgehead atoms. The number of carbonyl (C=O) groups excluding carboxylic acids is 2. The molecule has 3 rings (SSSR count). The van der Waals surface area contributed by atoms with Crippen molar-refractivity contribution in [1.82, 2.24) is 5.32 Å². The summed E-state index contributed by atoms with van der Waals surface area (Å²) in [5.41, 5.74) is 1.02. The largest absolute Gasteiger partial charge is 0.497 e. The Morgan fingerprint density at radius 1 is 1.03 bits per heavy atom. The van der Waals surface area contributed by atoms with E-state index in [-0.39, 0.29) is 11.9 Å². The van der Waals surface area contributed by atoms with Gasteiger partial charge in [-0.2, -0.15) is 0 Å². The van der Waals surface area contributed by atoms with Gasteiger partial charge in [-0.05, 0) is 56.2 Å². The summed E-state index contributed by atoms with van der Waals surface area (Å²) in [5, 5.41) is 5.80. The third-order valence-electron chi connectivity index (χ3n) is 5.79. The van der Waals surface area contributed by atoms with E-state index in [2.05, 4.69) is 10.6 Å². The summed E-state index contributed by atoms with van der Waals surface area (Å²) in [6.45, 7) is 1.51. The highest BCUT2D eigenvalue weighted by Gasteiger charge is 2.30. The van der Waals surface area contributed by atoms with Crippen molar-refractivity contribution in [3.8, 4) is 5.75 Å². The smallest absolute Gasteiger partial charge is 0.253 e. The molecule has 2 N–H and O–H groups in total. The lowest BCUT2D eigenvalue weighted by Gasteiger charge is -2.28. The Kier molecular flexibility index (Phi) is 7.97. The quantitative estimate of drug-likeness (QED) is 0.610. The van der Waals surface area contributed by atoms with Gasteiger partial charge in [0.2, 0.25) is 15.9 Å². The van der Waals surface area contributed by atoms with Crippen LogP contribution in [-0.4, -0.2) is 45.7 Å². The van der Waals surface area contributed by atoms with Gasteiger partial charge in [0, 0.05) is 6.04 Å². The van der Waals surface area contributed by atoms with Crippen molar-refractivity contribution in [3.63, 3.8) is 0 Å². The fourth-order valence-corrected chi connectivity index (χ4v) is 5.25. The van der Waals surface area contributed by atoms with Gasteiger partial charge in [-0.1, -0.05) is 31.4 Å². The molecule has 2 aromatic carbocycles. The Hall–Kier alpha value is -3.07. The zero-order valence-electron chi connectivity index (χ0n) is 19.2. The number of anilines is 2. The number of sulfonamides is 1. The van der Waals surface area contributed by atoms with Crippen LogP contribution in [0.1, 0.15) is 49.4 Å². The topological polar surface area (TPSA) is 105 Å². The van der Waals surface area contributed by atoms with Crippen molar-refractivity contribution < 1.29 is 22.7 Å². The van der Waals surface area contributed by atoms with Crippen molar-refractivity contribution in [2.45, 2.75) is 51.1 Å². The Labute approximate surface area is 195 Å². The lowest BCUT2D eigenvalue weighted by Crippen LogP contribution is -2.45. The fraction of sp³-hybridized carbons (Fsp3) is 0.417. The summed E-state index contributed by atoms with van der Waals surface area (Å²) < 4.78 is 31.2. The second-order valence-electron chi connectivity index (χ2n) is 8.28. The highest BCUT2D eigenvalue weighted by Crippen LogP contribution is 2.25. The molecule has 2 aromatic rings. The van der Waals surface area contributed by atoms with Gasteiger partial charge in [-0.3, -0.25) is 13.9 Å². The van der Waals surface area contributed by atoms with Crippen molar-refractivity contribution in [1.29, 1.82) is 0 Å². The maximum atomic E-state index is 13.1. The molecule has 1 aliphatic rings. The molecule has 8 nitrogen and oxygen atoms in total. The van der Waals surface area contributed by atoms with Gasteiger partial charge >= 0.3 is 0 Å². The minimum Gasteiger partial charge on any atom is -0.497 e. The van der Waals surface area contributed by atoms with E-state index in [4.69, 9.17) is 4.74 Å². The number of hydrogen-bond donors (Lipinski definition) is 2. The highest BCUT2D eigenvalue weighted by atomic mass is 32.2. The number of para-hydroxylation sites is 1. The van der Waals surface area contributed by atoms with Crippen molar-refractivity contribution in [3.05, 3.63) is 54.1 Å². The van der Waals surface area contributed by atoms with E-state index >= 15 is 0 Å². The standard InChI is InChI=1S/C24H31N3O5S/c1-17(27(33(3,30)31)19-13-15-20(32-2)16-14-19)23(28)26-22-12-8-7-11-21(22)24(29)25-18-9-5-4-6-10-18/h7-8,11-18H,4-6,9-10H2,1-3H3,(H,25,29)(H,26,28). The van der Waals surface area contributed by atoms with Crippen molar-refractivity contribution >= 4 is 33.2 Å². The molecule has 1 aliphatic carbocycles. The van der Waals surface area contributed by atoms with Crippen LogP contribution in [0.5, 0.6) is 5.75 Å². The molecule has 33 heavy (non-hydrogen) atoms. The van der Waals surface area contributed by atoms with E-state index < -0.39 is 22.0 Å². The fourth-order valence-electron chi connectivity index (χ4n) is 4.08. The maximum Gasteiger partial charge on any atom is 0.253 e. The van der Waals surface area contributed by atoms with E-state index in [1.807, 2.05) is 0 Å². The zero-order valence-corrected chi connectivity index (χ0v) is 20.0. The first-order chi connectivity index (χ1) is 15.7. The first kappa shape index (κ1) is 24.6. The highest BCUT2D eigenvalue weighted by molar-refractivity contribution is 7.92. The number of nitrogens with one attached hydrogen (secondary N) is 2. The van der Waals surface area contributed by atoms with Gasteiger partial charge in [0.05, 0.1) is 30.3 Å². The van der Waals surface area contributed by atoms with Crippen LogP contribution in [0.2, 0.25) is 0 Å². The van der Waals surface area contributed by atoms with E-state index in [1.54, 1.807) is 48.5 Å². The van der Waals surface area contributed by atoms with Gasteiger partial charge in [-0.15, -0.1) is 0 Å². The Bertz CT molecular complexity index is 1080. The summed E-state index contributed by atoms with van der Waals surface area (Å²) >= 11 is 0. The molecule has 0 radical (unpaired) electrons. The molecule has 9 heteroatoms. The van der Waals surface area contributed by atoms with Gasteiger partial charge in [-0.25, -0.2) is 8.42 Å². The summed E-state index contributed by atoms with van der Waals surface area (Å²) in [7, 11) is -2.25. The normalized spacial score (nSPS) is 15.4. The first-order valence-corrected chi connectivity index (χ1v) is 12.9. The predicted molar refractivity (Wildman–Crippen MR) is 129 cm³/mol. The first-order valence-electron chi connectivity index (χ1n) is 11.0. The van der Waals surface area contributed by atoms with E-state index in [1.165, 1.54) is 20.5 Å². The van der Waals surface area contributed by atoms with Gasteiger partial charge in [0.1, 0.15) is 11.8 Å². The average Bonchev–Trinajstić information content (AvgIpc) is 2.79. The predicted octanol–water partition coefficient (Wildman–Crippen LogP) is 3.55. The molecule has 0 heterocycles. The number of ether oxygens (including phenoxy) is 1. The lowest BCUT2D eigenvalue weighted by atomic mass is 9.95. The number of carbonyl (C=O) groups is 2. The SMILES string of the molecule is COc1ccc(N(C(C)C(=O)Nc2ccccc2C(=O)NC2CCCCC2)S(C)(=O)=O)cc1. The van der Waals surface area contributed by atoms with Gasteiger partial charge in [0.25, 0.3) is 5.91 Å². The summed E-state index contributed by atoms with van der Waals surface area (Å²) in [4.78, 5) is 26.0. The second kappa shape index (κ2) is 10.7. The monoisotopic (exact) mass is 473 g/mol. The summed E-state index contributed by atoms with van der Waals surface area (Å²) in [5.74, 6) is -0.225. The molecule has 1 unspecified atom stereocenters. The van der Waals surface area contributed by atoms with E-state index in [0.717, 1.165) is 36.2 Å². The maximum absolute atomic E-state index is 13.1. The molecule has 1 fully saturated rings. The van der Waals surface area contributed by atoms with Crippen molar-refractivity contribution in [2.75, 3.05) is 23.0 Å². The number of rotatable bonds is 8. The number of nitrogens with zero attached hydrogens (tertiary/aromatic N) is 1. The molecule has 1 saturated carbocycles. The van der Waals surface area contributed by atoms with E-state index in [9.17, 15) is 18.0 Å². The second-order valence-corrected chi connectivity index (χ2v) is 10.1. The molecule has 0 aromatic heterocycles. The Morgan fingerprint density at radius 2 is 1.67 bits per heavy atom. The number of benzene rings is 2. The van der Waals surface area contributed by atoms with Gasteiger partial charge < -0.3 is 15.4 Å². The molecule has 0 saturated heterocycles. The number of hydrogen-bond acceptors (Lipinski definition) is 5.